The van der Waals surface area contributed by atoms with Crippen LogP contribution in [0.4, 0.5) is 5.82 Å². The van der Waals surface area contributed by atoms with E-state index < -0.39 is 5.91 Å². The molecule has 0 fully saturated rings. The van der Waals surface area contributed by atoms with Gasteiger partial charge in [0.05, 0.1) is 11.7 Å². The van der Waals surface area contributed by atoms with Crippen LogP contribution in [0.3, 0.4) is 0 Å². The summed E-state index contributed by atoms with van der Waals surface area (Å²) in [5, 5.41) is 10.6. The molecule has 0 aromatic carbocycles. The minimum atomic E-state index is -0.590. The quantitative estimate of drug-likeness (QED) is 0.733. The number of halogens is 1. The van der Waals surface area contributed by atoms with Gasteiger partial charge in [-0.15, -0.1) is 10.2 Å². The molecule has 18 heavy (non-hydrogen) atoms. The molecule has 0 aliphatic rings. The first-order valence-electron chi connectivity index (χ1n) is 5.69. The van der Waals surface area contributed by atoms with Crippen LogP contribution in [0.1, 0.15) is 30.6 Å². The molecule has 1 heterocycles. The lowest BCUT2D eigenvalue weighted by Crippen LogP contribution is -2.17. The molecule has 3 N–H and O–H groups in total. The van der Waals surface area contributed by atoms with Gasteiger partial charge < -0.3 is 15.8 Å². The van der Waals surface area contributed by atoms with Gasteiger partial charge in [0.15, 0.2) is 11.0 Å². The Bertz CT molecular complexity index is 412. The number of nitrogens with two attached hydrogens (primary N) is 1. The van der Waals surface area contributed by atoms with Crippen LogP contribution >= 0.6 is 11.6 Å². The lowest BCUT2D eigenvalue weighted by atomic mass is 10.2. The summed E-state index contributed by atoms with van der Waals surface area (Å²) in [4.78, 5) is 11.2. The van der Waals surface area contributed by atoms with E-state index >= 15 is 0 Å². The molecule has 0 saturated carbocycles. The van der Waals surface area contributed by atoms with Crippen LogP contribution in [0, 0.1) is 0 Å². The highest BCUT2D eigenvalue weighted by atomic mass is 35.5. The van der Waals surface area contributed by atoms with Gasteiger partial charge in [0.25, 0.3) is 5.91 Å². The van der Waals surface area contributed by atoms with Gasteiger partial charge in [0.2, 0.25) is 0 Å². The van der Waals surface area contributed by atoms with E-state index in [0.717, 1.165) is 6.42 Å². The normalized spacial score (nSPS) is 10.7. The number of carbonyl (C=O) groups is 1. The second kappa shape index (κ2) is 7.13. The summed E-state index contributed by atoms with van der Waals surface area (Å²) < 4.78 is 5.39. The van der Waals surface area contributed by atoms with Crippen LogP contribution in [0.15, 0.2) is 6.07 Å². The van der Waals surface area contributed by atoms with Gasteiger partial charge in [-0.05, 0) is 26.3 Å². The predicted octanol–water partition coefficient (Wildman–Crippen LogP) is 1.46. The van der Waals surface area contributed by atoms with Crippen LogP contribution in [0.25, 0.3) is 0 Å². The monoisotopic (exact) mass is 272 g/mol. The van der Waals surface area contributed by atoms with Crippen molar-refractivity contribution in [3.8, 4) is 0 Å². The number of ether oxygens (including phenoxy) is 1. The summed E-state index contributed by atoms with van der Waals surface area (Å²) in [6.45, 7) is 5.20. The molecule has 1 aromatic heterocycles. The lowest BCUT2D eigenvalue weighted by molar-refractivity contribution is 0.0787. The summed E-state index contributed by atoms with van der Waals surface area (Å²) in [6, 6.07) is 1.39. The molecule has 0 spiro atoms. The number of carbonyl (C=O) groups excluding carboxylic acids is 1. The van der Waals surface area contributed by atoms with Gasteiger partial charge in [-0.25, -0.2) is 0 Å². The Balaban J connectivity index is 2.49. The molecule has 0 radical (unpaired) electrons. The zero-order valence-electron chi connectivity index (χ0n) is 10.4. The van der Waals surface area contributed by atoms with Crippen molar-refractivity contribution in [1.29, 1.82) is 0 Å². The molecule has 100 valence electrons. The third-order valence-corrected chi connectivity index (χ3v) is 2.28. The number of primary amides is 1. The molecule has 0 atom stereocenters. The molecular weight excluding hydrogens is 256 g/mol. The SMILES string of the molecule is CC(C)OCCCNc1nnc(Cl)cc1C(N)=O. The van der Waals surface area contributed by atoms with E-state index in [2.05, 4.69) is 15.5 Å². The number of nitrogens with one attached hydrogen (secondary N) is 1. The fourth-order valence-electron chi connectivity index (χ4n) is 1.28. The van der Waals surface area contributed by atoms with Crippen LogP contribution in [-0.2, 0) is 4.74 Å². The number of hydrogen-bond acceptors (Lipinski definition) is 5. The van der Waals surface area contributed by atoms with E-state index in [-0.39, 0.29) is 16.8 Å². The Morgan fingerprint density at radius 3 is 2.89 bits per heavy atom. The maximum absolute atomic E-state index is 11.2. The molecule has 1 amide bonds. The standard InChI is InChI=1S/C11H17ClN4O2/c1-7(2)18-5-3-4-14-11-8(10(13)17)6-9(12)15-16-11/h6-7H,3-5H2,1-2H3,(H2,13,17)(H,14,16). The highest BCUT2D eigenvalue weighted by molar-refractivity contribution is 6.29. The van der Waals surface area contributed by atoms with Crippen LogP contribution in [0.2, 0.25) is 5.15 Å². The number of rotatable bonds is 7. The summed E-state index contributed by atoms with van der Waals surface area (Å²) in [5.41, 5.74) is 5.46. The van der Waals surface area contributed by atoms with Gasteiger partial charge >= 0.3 is 0 Å². The summed E-state index contributed by atoms with van der Waals surface area (Å²) in [5.74, 6) is -0.246. The highest BCUT2D eigenvalue weighted by Gasteiger charge is 2.11. The van der Waals surface area contributed by atoms with E-state index in [9.17, 15) is 4.79 Å². The van der Waals surface area contributed by atoms with Crippen molar-refractivity contribution in [1.82, 2.24) is 10.2 Å². The second-order valence-corrected chi connectivity index (χ2v) is 4.38. The second-order valence-electron chi connectivity index (χ2n) is 3.99. The van der Waals surface area contributed by atoms with Crippen molar-refractivity contribution in [2.45, 2.75) is 26.4 Å². The van der Waals surface area contributed by atoms with Gasteiger partial charge in [-0.1, -0.05) is 11.6 Å². The molecule has 0 aliphatic carbocycles. The van der Waals surface area contributed by atoms with Gasteiger partial charge in [-0.3, -0.25) is 4.79 Å². The van der Waals surface area contributed by atoms with Crippen LogP contribution in [-0.4, -0.2) is 35.4 Å². The first-order valence-corrected chi connectivity index (χ1v) is 6.07. The molecule has 0 unspecified atom stereocenters. The minimum absolute atomic E-state index is 0.137. The zero-order valence-corrected chi connectivity index (χ0v) is 11.2. The van der Waals surface area contributed by atoms with E-state index in [1.165, 1.54) is 6.07 Å². The average Bonchev–Trinajstić information content (AvgIpc) is 2.29. The third kappa shape index (κ3) is 4.85. The number of hydrogen-bond donors (Lipinski definition) is 2. The molecule has 1 rings (SSSR count). The topological polar surface area (TPSA) is 90.1 Å². The molecule has 0 saturated heterocycles. The predicted molar refractivity (Wildman–Crippen MR) is 69.8 cm³/mol. The maximum atomic E-state index is 11.2. The van der Waals surface area contributed by atoms with E-state index in [1.807, 2.05) is 13.8 Å². The van der Waals surface area contributed by atoms with Crippen molar-refractivity contribution in [2.24, 2.45) is 5.73 Å². The number of amides is 1. The number of anilines is 1. The van der Waals surface area contributed by atoms with E-state index in [1.54, 1.807) is 0 Å². The van der Waals surface area contributed by atoms with E-state index in [0.29, 0.717) is 19.0 Å². The third-order valence-electron chi connectivity index (χ3n) is 2.09. The zero-order chi connectivity index (χ0) is 13.5. The molecule has 0 aliphatic heterocycles. The Kier molecular flexibility index (Phi) is 5.80. The van der Waals surface area contributed by atoms with Crippen molar-refractivity contribution in [2.75, 3.05) is 18.5 Å². The van der Waals surface area contributed by atoms with Gasteiger partial charge in [0.1, 0.15) is 0 Å². The first-order chi connectivity index (χ1) is 8.50. The Hall–Kier alpha value is -1.40. The smallest absolute Gasteiger partial charge is 0.252 e. The van der Waals surface area contributed by atoms with Crippen molar-refractivity contribution >= 4 is 23.3 Å². The maximum Gasteiger partial charge on any atom is 0.252 e. The summed E-state index contributed by atoms with van der Waals surface area (Å²) in [7, 11) is 0. The van der Waals surface area contributed by atoms with Crippen molar-refractivity contribution in [3.63, 3.8) is 0 Å². The molecule has 0 bridgehead atoms. The average molecular weight is 273 g/mol. The largest absolute Gasteiger partial charge is 0.379 e. The van der Waals surface area contributed by atoms with Crippen LogP contribution < -0.4 is 11.1 Å². The molecular formula is C11H17ClN4O2. The Morgan fingerprint density at radius 2 is 2.28 bits per heavy atom. The van der Waals surface area contributed by atoms with E-state index in [4.69, 9.17) is 22.1 Å². The lowest BCUT2D eigenvalue weighted by Gasteiger charge is -2.10. The molecule has 6 nitrogen and oxygen atoms in total. The van der Waals surface area contributed by atoms with Crippen molar-refractivity contribution < 1.29 is 9.53 Å². The fourth-order valence-corrected chi connectivity index (χ4v) is 1.43. The highest BCUT2D eigenvalue weighted by Crippen LogP contribution is 2.14. The molecule has 1 aromatic rings. The summed E-state index contributed by atoms with van der Waals surface area (Å²) >= 11 is 5.65. The Morgan fingerprint density at radius 1 is 1.56 bits per heavy atom. The number of nitrogens with zero attached hydrogens (tertiary/aromatic N) is 2. The first kappa shape index (κ1) is 14.7. The van der Waals surface area contributed by atoms with Crippen LogP contribution in [0.5, 0.6) is 0 Å². The fraction of sp³-hybridized carbons (Fsp3) is 0.545. The van der Waals surface area contributed by atoms with Gasteiger partial charge in [0, 0.05) is 13.2 Å². The number of aromatic nitrogens is 2. The molecule has 7 heteroatoms. The Labute approximate surface area is 111 Å². The van der Waals surface area contributed by atoms with Crippen molar-refractivity contribution in [3.05, 3.63) is 16.8 Å². The van der Waals surface area contributed by atoms with Gasteiger partial charge in [-0.2, -0.15) is 0 Å². The minimum Gasteiger partial charge on any atom is -0.379 e. The summed E-state index contributed by atoms with van der Waals surface area (Å²) in [6.07, 6.45) is 1.00.